The number of hydrogen-bond donors (Lipinski definition) is 1. The first-order chi connectivity index (χ1) is 10.5. The van der Waals surface area contributed by atoms with Crippen molar-refractivity contribution in [1.82, 2.24) is 5.16 Å². The van der Waals surface area contributed by atoms with Crippen LogP contribution in [0.2, 0.25) is 0 Å². The zero-order valence-electron chi connectivity index (χ0n) is 11.9. The number of carbonyl (C=O) groups is 2. The minimum absolute atomic E-state index is 0.0567. The highest BCUT2D eigenvalue weighted by Crippen LogP contribution is 2.27. The number of nitrogens with one attached hydrogen (secondary N) is 1. The summed E-state index contributed by atoms with van der Waals surface area (Å²) in [5, 5.41) is 6.40. The largest absolute Gasteiger partial charge is 0.360 e. The summed E-state index contributed by atoms with van der Waals surface area (Å²) < 4.78 is 5.85. The molecule has 0 unspecified atom stereocenters. The number of rotatable bonds is 3. The molecular weight excluding hydrogens is 350 g/mol. The summed E-state index contributed by atoms with van der Waals surface area (Å²) in [6.07, 6.45) is 0.193. The van der Waals surface area contributed by atoms with Crippen LogP contribution in [0.15, 0.2) is 39.3 Å². The van der Waals surface area contributed by atoms with Crippen molar-refractivity contribution in [3.8, 4) is 0 Å². The number of halogens is 1. The molecule has 0 aliphatic carbocycles. The first-order valence-corrected chi connectivity index (χ1v) is 7.62. The highest BCUT2D eigenvalue weighted by atomic mass is 79.9. The minimum Gasteiger partial charge on any atom is -0.360 e. The molecular formula is C15H14BrN3O3. The molecule has 0 bridgehead atoms. The predicted octanol–water partition coefficient (Wildman–Crippen LogP) is 2.74. The van der Waals surface area contributed by atoms with Crippen molar-refractivity contribution in [2.75, 3.05) is 16.8 Å². The van der Waals surface area contributed by atoms with Gasteiger partial charge in [0, 0.05) is 29.2 Å². The number of hydrogen-bond acceptors (Lipinski definition) is 4. The van der Waals surface area contributed by atoms with E-state index >= 15 is 0 Å². The summed E-state index contributed by atoms with van der Waals surface area (Å²) in [7, 11) is 0. The van der Waals surface area contributed by atoms with Gasteiger partial charge in [-0.05, 0) is 31.2 Å². The van der Waals surface area contributed by atoms with Crippen LogP contribution in [0.1, 0.15) is 12.2 Å². The normalized spacial score (nSPS) is 17.8. The number of benzene rings is 1. The van der Waals surface area contributed by atoms with Crippen LogP contribution in [-0.2, 0) is 9.59 Å². The lowest BCUT2D eigenvalue weighted by atomic mass is 10.1. The topological polar surface area (TPSA) is 75.4 Å². The van der Waals surface area contributed by atoms with Gasteiger partial charge in [0.05, 0.1) is 5.92 Å². The highest BCUT2D eigenvalue weighted by Gasteiger charge is 2.35. The van der Waals surface area contributed by atoms with Gasteiger partial charge >= 0.3 is 0 Å². The Labute approximate surface area is 135 Å². The lowest BCUT2D eigenvalue weighted by Gasteiger charge is -2.16. The zero-order chi connectivity index (χ0) is 15.7. The minimum atomic E-state index is -0.395. The summed E-state index contributed by atoms with van der Waals surface area (Å²) in [6, 6.07) is 9.08. The Morgan fingerprint density at radius 3 is 2.77 bits per heavy atom. The van der Waals surface area contributed by atoms with Gasteiger partial charge in [-0.3, -0.25) is 9.59 Å². The molecule has 1 aromatic carbocycles. The van der Waals surface area contributed by atoms with E-state index in [1.54, 1.807) is 17.9 Å². The van der Waals surface area contributed by atoms with E-state index in [1.165, 1.54) is 0 Å². The summed E-state index contributed by atoms with van der Waals surface area (Å²) in [4.78, 5) is 26.0. The highest BCUT2D eigenvalue weighted by molar-refractivity contribution is 9.10. The van der Waals surface area contributed by atoms with E-state index in [-0.39, 0.29) is 18.2 Å². The Kier molecular flexibility index (Phi) is 3.98. The first kappa shape index (κ1) is 14.8. The molecule has 6 nitrogen and oxygen atoms in total. The fourth-order valence-electron chi connectivity index (χ4n) is 2.41. The van der Waals surface area contributed by atoms with Crippen molar-refractivity contribution in [1.29, 1.82) is 0 Å². The monoisotopic (exact) mass is 363 g/mol. The number of nitrogens with zero attached hydrogens (tertiary/aromatic N) is 2. The van der Waals surface area contributed by atoms with Gasteiger partial charge in [-0.15, -0.1) is 0 Å². The Balaban J connectivity index is 1.68. The smallest absolute Gasteiger partial charge is 0.231 e. The molecule has 114 valence electrons. The van der Waals surface area contributed by atoms with E-state index in [4.69, 9.17) is 4.52 Å². The molecule has 1 saturated heterocycles. The third-order valence-electron chi connectivity index (χ3n) is 3.51. The summed E-state index contributed by atoms with van der Waals surface area (Å²) in [5.41, 5.74) is 0.792. The number of carbonyl (C=O) groups excluding carboxylic acids is 2. The third-order valence-corrected chi connectivity index (χ3v) is 4.04. The third kappa shape index (κ3) is 3.04. The van der Waals surface area contributed by atoms with Crippen LogP contribution in [0, 0.1) is 12.8 Å². The zero-order valence-corrected chi connectivity index (χ0v) is 13.5. The Morgan fingerprint density at radius 1 is 1.41 bits per heavy atom. The van der Waals surface area contributed by atoms with Crippen LogP contribution in [0.25, 0.3) is 0 Å². The Morgan fingerprint density at radius 2 is 2.14 bits per heavy atom. The second-order valence-electron chi connectivity index (χ2n) is 5.19. The van der Waals surface area contributed by atoms with E-state index < -0.39 is 5.92 Å². The molecule has 2 heterocycles. The molecule has 2 aromatic rings. The number of amides is 2. The molecule has 1 atom stereocenters. The first-order valence-electron chi connectivity index (χ1n) is 6.83. The Bertz CT molecular complexity index is 711. The second-order valence-corrected chi connectivity index (χ2v) is 6.11. The molecule has 7 heteroatoms. The van der Waals surface area contributed by atoms with Crippen molar-refractivity contribution in [3.05, 3.63) is 40.6 Å². The summed E-state index contributed by atoms with van der Waals surface area (Å²) in [6.45, 7) is 2.11. The maximum atomic E-state index is 12.2. The number of aromatic nitrogens is 1. The molecule has 0 spiro atoms. The lowest BCUT2D eigenvalue weighted by molar-refractivity contribution is -0.122. The van der Waals surface area contributed by atoms with Crippen molar-refractivity contribution < 1.29 is 14.1 Å². The quantitative estimate of drug-likeness (QED) is 0.909. The average molecular weight is 364 g/mol. The second kappa shape index (κ2) is 5.92. The maximum absolute atomic E-state index is 12.2. The maximum Gasteiger partial charge on any atom is 0.231 e. The van der Waals surface area contributed by atoms with Crippen LogP contribution >= 0.6 is 15.9 Å². The fraction of sp³-hybridized carbons (Fsp3) is 0.267. The molecule has 1 fully saturated rings. The van der Waals surface area contributed by atoms with Gasteiger partial charge in [-0.1, -0.05) is 21.1 Å². The van der Waals surface area contributed by atoms with Crippen LogP contribution in [-0.4, -0.2) is 23.5 Å². The molecule has 3 rings (SSSR count). The molecule has 1 aliphatic rings. The molecule has 22 heavy (non-hydrogen) atoms. The van der Waals surface area contributed by atoms with Crippen molar-refractivity contribution >= 4 is 39.2 Å². The molecule has 1 aromatic heterocycles. The average Bonchev–Trinajstić information content (AvgIpc) is 3.06. The van der Waals surface area contributed by atoms with Crippen LogP contribution < -0.4 is 10.2 Å². The number of aryl methyl sites for hydroxylation is 1. The Hall–Kier alpha value is -2.15. The standard InChI is InChI=1S/C15H14BrN3O3/c1-9-6-13(18-22-9)17-15(21)10-7-14(20)19(8-10)12-4-2-11(16)3-5-12/h2-6,10H,7-8H2,1H3,(H,17,18,21)/t10-/m0/s1. The molecule has 1 N–H and O–H groups in total. The molecule has 0 radical (unpaired) electrons. The van der Waals surface area contributed by atoms with Crippen LogP contribution in [0.3, 0.4) is 0 Å². The molecule has 0 saturated carbocycles. The fourth-order valence-corrected chi connectivity index (χ4v) is 2.67. The van der Waals surface area contributed by atoms with Gasteiger partial charge in [-0.25, -0.2) is 0 Å². The molecule has 2 amide bonds. The van der Waals surface area contributed by atoms with Gasteiger partial charge in [0.2, 0.25) is 11.8 Å². The van der Waals surface area contributed by atoms with Crippen LogP contribution in [0.4, 0.5) is 11.5 Å². The van der Waals surface area contributed by atoms with Gasteiger partial charge in [0.15, 0.2) is 5.82 Å². The van der Waals surface area contributed by atoms with Gasteiger partial charge in [0.1, 0.15) is 5.76 Å². The van der Waals surface area contributed by atoms with Crippen LogP contribution in [0.5, 0.6) is 0 Å². The summed E-state index contributed by atoms with van der Waals surface area (Å²) >= 11 is 3.36. The van der Waals surface area contributed by atoms with E-state index in [1.807, 2.05) is 24.3 Å². The van der Waals surface area contributed by atoms with E-state index in [2.05, 4.69) is 26.4 Å². The van der Waals surface area contributed by atoms with Gasteiger partial charge < -0.3 is 14.7 Å². The lowest BCUT2D eigenvalue weighted by Crippen LogP contribution is -2.28. The van der Waals surface area contributed by atoms with Crippen molar-refractivity contribution in [2.45, 2.75) is 13.3 Å². The van der Waals surface area contributed by atoms with E-state index in [0.717, 1.165) is 10.2 Å². The summed E-state index contributed by atoms with van der Waals surface area (Å²) in [5.74, 6) is 0.319. The predicted molar refractivity (Wildman–Crippen MR) is 84.5 cm³/mol. The van der Waals surface area contributed by atoms with Gasteiger partial charge in [0.25, 0.3) is 0 Å². The van der Waals surface area contributed by atoms with Crippen molar-refractivity contribution in [2.24, 2.45) is 5.92 Å². The van der Waals surface area contributed by atoms with Gasteiger partial charge in [-0.2, -0.15) is 0 Å². The molecule has 1 aliphatic heterocycles. The van der Waals surface area contributed by atoms with E-state index in [0.29, 0.717) is 18.1 Å². The van der Waals surface area contributed by atoms with Crippen molar-refractivity contribution in [3.63, 3.8) is 0 Å². The SMILES string of the molecule is Cc1cc(NC(=O)[C@H]2CC(=O)N(c3ccc(Br)cc3)C2)no1. The van der Waals surface area contributed by atoms with E-state index in [9.17, 15) is 9.59 Å². The number of anilines is 2.